The summed E-state index contributed by atoms with van der Waals surface area (Å²) in [6.45, 7) is 4.05. The van der Waals surface area contributed by atoms with Gasteiger partial charge in [0.1, 0.15) is 6.04 Å². The molecular formula is C14H20N2O2. The Hall–Kier alpha value is -1.39. The Labute approximate surface area is 108 Å². The van der Waals surface area contributed by atoms with Crippen molar-refractivity contribution in [2.75, 3.05) is 19.7 Å². The van der Waals surface area contributed by atoms with Crippen LogP contribution in [0.1, 0.15) is 24.9 Å². The van der Waals surface area contributed by atoms with Crippen LogP contribution in [-0.2, 0) is 9.53 Å². The maximum absolute atomic E-state index is 12.3. The van der Waals surface area contributed by atoms with E-state index in [-0.39, 0.29) is 12.0 Å². The Morgan fingerprint density at radius 1 is 1.44 bits per heavy atom. The van der Waals surface area contributed by atoms with E-state index in [4.69, 9.17) is 10.5 Å². The Balaban J connectivity index is 2.06. The Kier molecular flexibility index (Phi) is 4.33. The van der Waals surface area contributed by atoms with Crippen molar-refractivity contribution in [2.45, 2.75) is 25.5 Å². The number of benzene rings is 1. The summed E-state index contributed by atoms with van der Waals surface area (Å²) in [5, 5.41) is 0. The van der Waals surface area contributed by atoms with Gasteiger partial charge in [-0.25, -0.2) is 0 Å². The summed E-state index contributed by atoms with van der Waals surface area (Å²) < 4.78 is 5.53. The highest BCUT2D eigenvalue weighted by molar-refractivity contribution is 5.83. The van der Waals surface area contributed by atoms with Crippen molar-refractivity contribution in [2.24, 2.45) is 5.73 Å². The van der Waals surface area contributed by atoms with Crippen LogP contribution in [0.15, 0.2) is 30.3 Å². The summed E-state index contributed by atoms with van der Waals surface area (Å²) in [5.74, 6) is -0.0152. The maximum Gasteiger partial charge on any atom is 0.244 e. The first-order chi connectivity index (χ1) is 8.68. The van der Waals surface area contributed by atoms with Crippen LogP contribution in [0.3, 0.4) is 0 Å². The second-order valence-electron chi connectivity index (χ2n) is 4.71. The van der Waals surface area contributed by atoms with Crippen LogP contribution in [0.25, 0.3) is 0 Å². The van der Waals surface area contributed by atoms with E-state index in [0.717, 1.165) is 18.5 Å². The molecule has 0 aliphatic carbocycles. The second-order valence-corrected chi connectivity index (χ2v) is 4.71. The first kappa shape index (κ1) is 13.1. The van der Waals surface area contributed by atoms with E-state index in [9.17, 15) is 4.79 Å². The molecule has 1 fully saturated rings. The number of carbonyl (C=O) groups is 1. The van der Waals surface area contributed by atoms with E-state index in [1.807, 2.05) is 42.2 Å². The third-order valence-corrected chi connectivity index (χ3v) is 3.19. The predicted octanol–water partition coefficient (Wildman–Crippen LogP) is 1.32. The van der Waals surface area contributed by atoms with Gasteiger partial charge >= 0.3 is 0 Å². The molecule has 1 saturated heterocycles. The van der Waals surface area contributed by atoms with Crippen molar-refractivity contribution in [1.29, 1.82) is 0 Å². The van der Waals surface area contributed by atoms with E-state index in [0.29, 0.717) is 13.2 Å². The smallest absolute Gasteiger partial charge is 0.244 e. The average Bonchev–Trinajstić information content (AvgIpc) is 2.63. The monoisotopic (exact) mass is 248 g/mol. The molecule has 4 heteroatoms. The molecule has 2 N–H and O–H groups in total. The standard InChI is InChI=1S/C14H20N2O2/c1-11-10-16(8-5-9-18-11)14(17)13(15)12-6-3-2-4-7-12/h2-4,6-7,11,13H,5,8-10,15H2,1H3/t11-,13+/m0/s1. The highest BCUT2D eigenvalue weighted by atomic mass is 16.5. The Bertz CT molecular complexity index is 394. The highest BCUT2D eigenvalue weighted by Crippen LogP contribution is 2.15. The molecular weight excluding hydrogens is 228 g/mol. The van der Waals surface area contributed by atoms with E-state index >= 15 is 0 Å². The molecule has 2 rings (SSSR count). The zero-order chi connectivity index (χ0) is 13.0. The lowest BCUT2D eigenvalue weighted by molar-refractivity contribution is -0.133. The van der Waals surface area contributed by atoms with Crippen molar-refractivity contribution in [3.63, 3.8) is 0 Å². The van der Waals surface area contributed by atoms with E-state index in [1.165, 1.54) is 0 Å². The number of hydrogen-bond donors (Lipinski definition) is 1. The summed E-state index contributed by atoms with van der Waals surface area (Å²) in [5.41, 5.74) is 6.90. The van der Waals surface area contributed by atoms with Crippen LogP contribution in [0.5, 0.6) is 0 Å². The fraction of sp³-hybridized carbons (Fsp3) is 0.500. The summed E-state index contributed by atoms with van der Waals surface area (Å²) in [6.07, 6.45) is 0.955. The second kappa shape index (κ2) is 5.98. The largest absolute Gasteiger partial charge is 0.377 e. The molecule has 1 aliphatic heterocycles. The van der Waals surface area contributed by atoms with Gasteiger partial charge in [0.2, 0.25) is 5.91 Å². The molecule has 98 valence electrons. The first-order valence-electron chi connectivity index (χ1n) is 6.39. The van der Waals surface area contributed by atoms with Crippen LogP contribution in [0, 0.1) is 0 Å². The number of ether oxygens (including phenoxy) is 1. The van der Waals surface area contributed by atoms with Crippen molar-refractivity contribution in [1.82, 2.24) is 4.90 Å². The van der Waals surface area contributed by atoms with Crippen molar-refractivity contribution < 1.29 is 9.53 Å². The Morgan fingerprint density at radius 3 is 2.89 bits per heavy atom. The number of nitrogens with two attached hydrogens (primary N) is 1. The fourth-order valence-corrected chi connectivity index (χ4v) is 2.19. The number of nitrogens with zero attached hydrogens (tertiary/aromatic N) is 1. The third-order valence-electron chi connectivity index (χ3n) is 3.19. The molecule has 4 nitrogen and oxygen atoms in total. The van der Waals surface area contributed by atoms with Crippen molar-refractivity contribution in [3.05, 3.63) is 35.9 Å². The highest BCUT2D eigenvalue weighted by Gasteiger charge is 2.25. The van der Waals surface area contributed by atoms with Crippen LogP contribution < -0.4 is 5.73 Å². The van der Waals surface area contributed by atoms with Crippen molar-refractivity contribution >= 4 is 5.91 Å². The lowest BCUT2D eigenvalue weighted by Crippen LogP contribution is -2.41. The normalized spacial score (nSPS) is 22.3. The van der Waals surface area contributed by atoms with Gasteiger partial charge in [-0.1, -0.05) is 30.3 Å². The van der Waals surface area contributed by atoms with Gasteiger partial charge in [-0.15, -0.1) is 0 Å². The summed E-state index contributed by atoms with van der Waals surface area (Å²) >= 11 is 0. The van der Waals surface area contributed by atoms with Gasteiger partial charge in [-0.2, -0.15) is 0 Å². The molecule has 0 unspecified atom stereocenters. The van der Waals surface area contributed by atoms with E-state index in [1.54, 1.807) is 0 Å². The lowest BCUT2D eigenvalue weighted by atomic mass is 10.1. The van der Waals surface area contributed by atoms with Gasteiger partial charge in [0, 0.05) is 19.7 Å². The zero-order valence-corrected chi connectivity index (χ0v) is 10.7. The van der Waals surface area contributed by atoms with Gasteiger partial charge in [0.25, 0.3) is 0 Å². The summed E-state index contributed by atoms with van der Waals surface area (Å²) in [6, 6.07) is 8.92. The van der Waals surface area contributed by atoms with E-state index in [2.05, 4.69) is 0 Å². The molecule has 1 aliphatic rings. The topological polar surface area (TPSA) is 55.6 Å². The SMILES string of the molecule is C[C@H]1CN(C(=O)[C@H](N)c2ccccc2)CCCO1. The predicted molar refractivity (Wildman–Crippen MR) is 70.0 cm³/mol. The molecule has 18 heavy (non-hydrogen) atoms. The summed E-state index contributed by atoms with van der Waals surface area (Å²) in [7, 11) is 0. The zero-order valence-electron chi connectivity index (χ0n) is 10.7. The quantitative estimate of drug-likeness (QED) is 0.859. The average molecular weight is 248 g/mol. The Morgan fingerprint density at radius 2 is 2.17 bits per heavy atom. The molecule has 2 atom stereocenters. The molecule has 0 spiro atoms. The molecule has 0 radical (unpaired) electrons. The number of amides is 1. The van der Waals surface area contributed by atoms with Crippen LogP contribution in [0.2, 0.25) is 0 Å². The molecule has 1 aromatic rings. The lowest BCUT2D eigenvalue weighted by Gasteiger charge is -2.25. The molecule has 1 aromatic carbocycles. The van der Waals surface area contributed by atoms with Crippen LogP contribution in [-0.4, -0.2) is 36.6 Å². The minimum Gasteiger partial charge on any atom is -0.377 e. The molecule has 1 heterocycles. The number of rotatable bonds is 2. The van der Waals surface area contributed by atoms with Gasteiger partial charge in [-0.3, -0.25) is 4.79 Å². The van der Waals surface area contributed by atoms with Gasteiger partial charge < -0.3 is 15.4 Å². The minimum absolute atomic E-state index is 0.0152. The van der Waals surface area contributed by atoms with Crippen LogP contribution >= 0.6 is 0 Å². The minimum atomic E-state index is -0.573. The molecule has 1 amide bonds. The van der Waals surface area contributed by atoms with E-state index < -0.39 is 6.04 Å². The van der Waals surface area contributed by atoms with Crippen molar-refractivity contribution in [3.8, 4) is 0 Å². The summed E-state index contributed by atoms with van der Waals surface area (Å²) in [4.78, 5) is 14.2. The molecule has 0 saturated carbocycles. The third kappa shape index (κ3) is 3.09. The van der Waals surface area contributed by atoms with Gasteiger partial charge in [-0.05, 0) is 18.9 Å². The van der Waals surface area contributed by atoms with Gasteiger partial charge in [0.15, 0.2) is 0 Å². The molecule has 0 bridgehead atoms. The molecule has 0 aromatic heterocycles. The fourth-order valence-electron chi connectivity index (χ4n) is 2.19. The first-order valence-corrected chi connectivity index (χ1v) is 6.39. The number of hydrogen-bond acceptors (Lipinski definition) is 3. The maximum atomic E-state index is 12.3. The van der Waals surface area contributed by atoms with Crippen LogP contribution in [0.4, 0.5) is 0 Å². The number of carbonyl (C=O) groups excluding carboxylic acids is 1. The van der Waals surface area contributed by atoms with Gasteiger partial charge in [0.05, 0.1) is 6.10 Å².